The number of aromatic hydroxyl groups is 1. The van der Waals surface area contributed by atoms with Gasteiger partial charge in [-0.2, -0.15) is 0 Å². The molecule has 1 fully saturated rings. The molecule has 1 heterocycles. The lowest BCUT2D eigenvalue weighted by atomic mass is 9.45. The first kappa shape index (κ1) is 17.8. The van der Waals surface area contributed by atoms with Crippen LogP contribution in [0.2, 0.25) is 0 Å². The summed E-state index contributed by atoms with van der Waals surface area (Å²) in [6.45, 7) is 12.5. The Hall–Kier alpha value is -1.97. The fourth-order valence-corrected chi connectivity index (χ4v) is 5.08. The van der Waals surface area contributed by atoms with Gasteiger partial charge in [0.1, 0.15) is 22.7 Å². The minimum absolute atomic E-state index is 0.0346. The van der Waals surface area contributed by atoms with Crippen molar-refractivity contribution in [2.75, 3.05) is 0 Å². The molecule has 0 radical (unpaired) electrons. The molecule has 1 aliphatic heterocycles. The van der Waals surface area contributed by atoms with E-state index in [-0.39, 0.29) is 28.6 Å². The van der Waals surface area contributed by atoms with E-state index >= 15 is 0 Å². The Balaban J connectivity index is 2.28. The molecule has 3 rings (SSSR count). The summed E-state index contributed by atoms with van der Waals surface area (Å²) in [5.74, 6) is -0.355. The van der Waals surface area contributed by atoms with Gasteiger partial charge in [-0.25, -0.2) is 4.79 Å². The van der Waals surface area contributed by atoms with E-state index in [1.165, 1.54) is 5.57 Å². The molecule has 2 N–H and O–H groups in total. The lowest BCUT2D eigenvalue weighted by Crippen LogP contribution is -2.58. The second-order valence-electron chi connectivity index (χ2n) is 8.35. The molecule has 2 atom stereocenters. The Morgan fingerprint density at radius 1 is 1.28 bits per heavy atom. The van der Waals surface area contributed by atoms with Gasteiger partial charge in [-0.3, -0.25) is 0 Å². The van der Waals surface area contributed by atoms with Gasteiger partial charge in [0.2, 0.25) is 0 Å². The van der Waals surface area contributed by atoms with Crippen molar-refractivity contribution < 1.29 is 19.7 Å². The Kier molecular flexibility index (Phi) is 3.94. The van der Waals surface area contributed by atoms with Crippen LogP contribution in [0.15, 0.2) is 17.7 Å². The summed E-state index contributed by atoms with van der Waals surface area (Å²) in [6, 6.07) is 1.84. The van der Waals surface area contributed by atoms with Crippen molar-refractivity contribution in [2.45, 2.75) is 65.9 Å². The van der Waals surface area contributed by atoms with Crippen molar-refractivity contribution >= 4 is 5.97 Å². The van der Waals surface area contributed by atoms with Crippen molar-refractivity contribution in [3.8, 4) is 11.5 Å². The molecule has 2 aliphatic rings. The van der Waals surface area contributed by atoms with Crippen LogP contribution in [0, 0.1) is 11.3 Å². The molecule has 0 amide bonds. The molecule has 0 spiro atoms. The first-order chi connectivity index (χ1) is 11.6. The molecule has 1 aromatic carbocycles. The van der Waals surface area contributed by atoms with Gasteiger partial charge in [0, 0.05) is 17.4 Å². The van der Waals surface area contributed by atoms with Gasteiger partial charge in [-0.05, 0) is 44.2 Å². The molecular formula is C21H28O4. The number of hydrogen-bond donors (Lipinski definition) is 2. The zero-order valence-corrected chi connectivity index (χ0v) is 15.9. The van der Waals surface area contributed by atoms with E-state index in [4.69, 9.17) is 4.74 Å². The van der Waals surface area contributed by atoms with Gasteiger partial charge in [0.25, 0.3) is 0 Å². The van der Waals surface area contributed by atoms with Crippen LogP contribution in [0.25, 0.3) is 0 Å². The van der Waals surface area contributed by atoms with Gasteiger partial charge in [0.05, 0.1) is 0 Å². The number of hydrogen-bond acceptors (Lipinski definition) is 3. The summed E-state index contributed by atoms with van der Waals surface area (Å²) in [7, 11) is 0. The molecule has 0 saturated heterocycles. The highest BCUT2D eigenvalue weighted by Gasteiger charge is 2.62. The molecule has 136 valence electrons. The molecular weight excluding hydrogens is 316 g/mol. The number of carboxylic acids is 1. The summed E-state index contributed by atoms with van der Waals surface area (Å²) in [5, 5.41) is 20.6. The van der Waals surface area contributed by atoms with Crippen molar-refractivity contribution in [1.29, 1.82) is 0 Å². The van der Waals surface area contributed by atoms with Crippen LogP contribution in [0.5, 0.6) is 11.5 Å². The summed E-state index contributed by atoms with van der Waals surface area (Å²) in [4.78, 5) is 11.8. The summed E-state index contributed by atoms with van der Waals surface area (Å²) >= 11 is 0. The zero-order chi connectivity index (χ0) is 18.7. The smallest absolute Gasteiger partial charge is 0.339 e. The third-order valence-corrected chi connectivity index (χ3v) is 6.05. The van der Waals surface area contributed by atoms with Gasteiger partial charge < -0.3 is 14.9 Å². The minimum atomic E-state index is -1.08. The number of carbonyl (C=O) groups is 1. The number of rotatable bonds is 3. The Morgan fingerprint density at radius 3 is 2.44 bits per heavy atom. The fourth-order valence-electron chi connectivity index (χ4n) is 5.08. The number of aryl methyl sites for hydroxylation is 1. The predicted octanol–water partition coefficient (Wildman–Crippen LogP) is 4.90. The fraction of sp³-hybridized carbons (Fsp3) is 0.571. The molecule has 0 bridgehead atoms. The highest BCUT2D eigenvalue weighted by molar-refractivity contribution is 5.94. The number of benzene rings is 1. The summed E-state index contributed by atoms with van der Waals surface area (Å²) < 4.78 is 6.29. The molecule has 1 aromatic rings. The van der Waals surface area contributed by atoms with Gasteiger partial charge in [-0.15, -0.1) is 0 Å². The second kappa shape index (κ2) is 5.52. The molecule has 1 saturated carbocycles. The predicted molar refractivity (Wildman–Crippen MR) is 97.5 cm³/mol. The van der Waals surface area contributed by atoms with E-state index in [9.17, 15) is 15.0 Å². The maximum atomic E-state index is 11.8. The van der Waals surface area contributed by atoms with E-state index < -0.39 is 11.6 Å². The normalized spacial score (nSPS) is 27.0. The average Bonchev–Trinajstić information content (AvgIpc) is 2.47. The molecule has 25 heavy (non-hydrogen) atoms. The Morgan fingerprint density at radius 2 is 1.92 bits per heavy atom. The van der Waals surface area contributed by atoms with Crippen LogP contribution < -0.4 is 4.74 Å². The molecule has 0 aromatic heterocycles. The monoisotopic (exact) mass is 344 g/mol. The minimum Gasteiger partial charge on any atom is -0.507 e. The van der Waals surface area contributed by atoms with Crippen molar-refractivity contribution in [3.63, 3.8) is 0 Å². The van der Waals surface area contributed by atoms with Crippen LogP contribution in [0.4, 0.5) is 0 Å². The first-order valence-electron chi connectivity index (χ1n) is 9.05. The number of fused-ring (bicyclic) bond motifs is 3. The second-order valence-corrected chi connectivity index (χ2v) is 8.35. The van der Waals surface area contributed by atoms with Crippen LogP contribution >= 0.6 is 0 Å². The van der Waals surface area contributed by atoms with Crippen LogP contribution in [0.1, 0.15) is 75.4 Å². The number of ether oxygens (including phenoxy) is 1. The topological polar surface area (TPSA) is 66.8 Å². The van der Waals surface area contributed by atoms with Gasteiger partial charge >= 0.3 is 5.97 Å². The Bertz CT molecular complexity index is 771. The van der Waals surface area contributed by atoms with Crippen LogP contribution in [0.3, 0.4) is 0 Å². The average molecular weight is 344 g/mol. The number of allylic oxidation sites excluding steroid dienone is 1. The van der Waals surface area contributed by atoms with Crippen LogP contribution in [-0.4, -0.2) is 21.8 Å². The zero-order valence-electron chi connectivity index (χ0n) is 15.9. The summed E-state index contributed by atoms with van der Waals surface area (Å²) in [6.07, 6.45) is 3.55. The van der Waals surface area contributed by atoms with Crippen LogP contribution in [-0.2, 0) is 6.42 Å². The number of carboxylic acid groups (broad SMARTS) is 1. The number of aromatic carboxylic acids is 1. The third kappa shape index (κ3) is 2.30. The van der Waals surface area contributed by atoms with E-state index in [1.807, 2.05) is 19.9 Å². The maximum absolute atomic E-state index is 11.8. The number of phenols is 1. The van der Waals surface area contributed by atoms with Crippen molar-refractivity contribution in [1.82, 2.24) is 0 Å². The SMILES string of the molecule is C/C=C1/[C@@H]2C(c3c(cc(CCC)c(C(=O)O)c3O)OC2(C)C)C1(C)C. The van der Waals surface area contributed by atoms with Gasteiger partial charge in [-0.1, -0.05) is 38.8 Å². The molecule has 4 heteroatoms. The maximum Gasteiger partial charge on any atom is 0.339 e. The molecule has 1 aliphatic carbocycles. The van der Waals surface area contributed by atoms with E-state index in [2.05, 4.69) is 33.8 Å². The van der Waals surface area contributed by atoms with E-state index in [1.54, 1.807) is 0 Å². The standard InChI is InChI=1S/C21H28O4/c1-7-9-11-10-13-15(18(22)14(11)19(23)24)17-16(21(5,6)25-13)12(8-2)20(17,3)4/h8,10,16-17,22H,7,9H2,1-6H3,(H,23,24)/b12-8-/t16-,17?/m1/s1. The lowest BCUT2D eigenvalue weighted by molar-refractivity contribution is -0.0458. The third-order valence-electron chi connectivity index (χ3n) is 6.05. The summed E-state index contributed by atoms with van der Waals surface area (Å²) in [5.41, 5.74) is 2.13. The molecule has 1 unspecified atom stereocenters. The highest BCUT2D eigenvalue weighted by Crippen LogP contribution is 2.69. The van der Waals surface area contributed by atoms with E-state index in [0.717, 1.165) is 6.42 Å². The lowest BCUT2D eigenvalue weighted by Gasteiger charge is -2.62. The van der Waals surface area contributed by atoms with Crippen molar-refractivity contribution in [2.24, 2.45) is 11.3 Å². The Labute approximate surface area is 149 Å². The van der Waals surface area contributed by atoms with E-state index in [0.29, 0.717) is 23.3 Å². The molecule has 4 nitrogen and oxygen atoms in total. The van der Waals surface area contributed by atoms with Gasteiger partial charge in [0.15, 0.2) is 0 Å². The first-order valence-corrected chi connectivity index (χ1v) is 9.05. The largest absolute Gasteiger partial charge is 0.507 e. The van der Waals surface area contributed by atoms with Crippen molar-refractivity contribution in [3.05, 3.63) is 34.4 Å². The quantitative estimate of drug-likeness (QED) is 0.765. The highest BCUT2D eigenvalue weighted by atomic mass is 16.5.